The summed E-state index contributed by atoms with van der Waals surface area (Å²) in [5.41, 5.74) is 0. The zero-order chi connectivity index (χ0) is 18.5. The fourth-order valence-electron chi connectivity index (χ4n) is 2.91. The minimum absolute atomic E-state index is 0.274. The topological polar surface area (TPSA) is 106 Å². The third-order valence-electron chi connectivity index (χ3n) is 4.41. The molecule has 0 bridgehead atoms. The smallest absolute Gasteiger partial charge is 0.228 e. The van der Waals surface area contributed by atoms with E-state index in [0.29, 0.717) is 18.9 Å². The summed E-state index contributed by atoms with van der Waals surface area (Å²) in [7, 11) is 1.78. The number of nitrogens with one attached hydrogen (secondary N) is 2. The van der Waals surface area contributed by atoms with Crippen molar-refractivity contribution < 1.29 is 4.52 Å². The molecule has 2 aromatic rings. The normalized spacial score (nSPS) is 17.4. The molecule has 0 spiro atoms. The second kappa shape index (κ2) is 8.29. The lowest BCUT2D eigenvalue weighted by atomic mass is 10.1. The third kappa shape index (κ3) is 4.39. The monoisotopic (exact) mass is 360 g/mol. The van der Waals surface area contributed by atoms with E-state index in [-0.39, 0.29) is 12.0 Å². The van der Waals surface area contributed by atoms with Crippen LogP contribution in [-0.2, 0) is 25.8 Å². The SMILES string of the molecule is CCc1nc2n(n1)CC(NC(=NC)NCCc1nc(C(C)C)no1)CC2. The van der Waals surface area contributed by atoms with E-state index in [1.807, 2.05) is 18.5 Å². The van der Waals surface area contributed by atoms with Gasteiger partial charge in [0.25, 0.3) is 0 Å². The minimum Gasteiger partial charge on any atom is -0.356 e. The predicted octanol–water partition coefficient (Wildman–Crippen LogP) is 1.07. The third-order valence-corrected chi connectivity index (χ3v) is 4.41. The summed E-state index contributed by atoms with van der Waals surface area (Å²) in [5, 5.41) is 15.3. The zero-order valence-electron chi connectivity index (χ0n) is 16.0. The van der Waals surface area contributed by atoms with Gasteiger partial charge in [-0.1, -0.05) is 25.9 Å². The molecular weight excluding hydrogens is 332 g/mol. The Labute approximate surface area is 153 Å². The summed E-state index contributed by atoms with van der Waals surface area (Å²) in [6, 6.07) is 0.288. The first-order valence-electron chi connectivity index (χ1n) is 9.31. The summed E-state index contributed by atoms with van der Waals surface area (Å²) < 4.78 is 7.28. The molecule has 1 aliphatic rings. The van der Waals surface area contributed by atoms with Gasteiger partial charge in [-0.15, -0.1) is 0 Å². The molecule has 0 amide bonds. The van der Waals surface area contributed by atoms with E-state index in [1.54, 1.807) is 7.05 Å². The zero-order valence-corrected chi connectivity index (χ0v) is 16.0. The maximum atomic E-state index is 5.26. The predicted molar refractivity (Wildman–Crippen MR) is 98.1 cm³/mol. The van der Waals surface area contributed by atoms with Crippen molar-refractivity contribution in [2.75, 3.05) is 13.6 Å². The van der Waals surface area contributed by atoms with E-state index in [4.69, 9.17) is 4.52 Å². The molecule has 1 unspecified atom stereocenters. The second-order valence-electron chi connectivity index (χ2n) is 6.81. The van der Waals surface area contributed by atoms with Crippen molar-refractivity contribution in [3.05, 3.63) is 23.4 Å². The maximum absolute atomic E-state index is 5.26. The molecule has 2 N–H and O–H groups in total. The number of aromatic nitrogens is 5. The van der Waals surface area contributed by atoms with Crippen LogP contribution in [0.5, 0.6) is 0 Å². The van der Waals surface area contributed by atoms with Gasteiger partial charge in [0.2, 0.25) is 5.89 Å². The molecule has 2 aromatic heterocycles. The van der Waals surface area contributed by atoms with Crippen LogP contribution in [0.3, 0.4) is 0 Å². The van der Waals surface area contributed by atoms with Gasteiger partial charge in [-0.25, -0.2) is 9.67 Å². The van der Waals surface area contributed by atoms with E-state index < -0.39 is 0 Å². The van der Waals surface area contributed by atoms with Gasteiger partial charge in [0.05, 0.1) is 6.54 Å². The summed E-state index contributed by atoms with van der Waals surface area (Å²) in [5.74, 6) is 4.45. The van der Waals surface area contributed by atoms with E-state index in [1.165, 1.54) is 0 Å². The average molecular weight is 360 g/mol. The Morgan fingerprint density at radius 3 is 2.92 bits per heavy atom. The first-order valence-corrected chi connectivity index (χ1v) is 9.31. The van der Waals surface area contributed by atoms with Gasteiger partial charge in [0.1, 0.15) is 5.82 Å². The number of rotatable bonds is 6. The molecule has 26 heavy (non-hydrogen) atoms. The van der Waals surface area contributed by atoms with Gasteiger partial charge < -0.3 is 15.2 Å². The Bertz CT molecular complexity index is 748. The van der Waals surface area contributed by atoms with Crippen LogP contribution in [0.25, 0.3) is 0 Å². The van der Waals surface area contributed by atoms with Crippen LogP contribution in [0.4, 0.5) is 0 Å². The fourth-order valence-corrected chi connectivity index (χ4v) is 2.91. The van der Waals surface area contributed by atoms with Gasteiger partial charge in [0.15, 0.2) is 17.6 Å². The highest BCUT2D eigenvalue weighted by atomic mass is 16.5. The van der Waals surface area contributed by atoms with Crippen molar-refractivity contribution in [3.8, 4) is 0 Å². The van der Waals surface area contributed by atoms with Crippen molar-refractivity contribution in [2.45, 2.75) is 65.0 Å². The molecule has 0 saturated heterocycles. The quantitative estimate of drug-likeness (QED) is 0.586. The largest absolute Gasteiger partial charge is 0.356 e. The summed E-state index contributed by atoms with van der Waals surface area (Å²) in [4.78, 5) is 13.2. The molecule has 3 rings (SSSR count). The van der Waals surface area contributed by atoms with Crippen molar-refractivity contribution in [2.24, 2.45) is 4.99 Å². The van der Waals surface area contributed by atoms with E-state index in [0.717, 1.165) is 49.2 Å². The Morgan fingerprint density at radius 2 is 2.23 bits per heavy atom. The summed E-state index contributed by atoms with van der Waals surface area (Å²) in [6.07, 6.45) is 3.49. The van der Waals surface area contributed by atoms with Crippen molar-refractivity contribution >= 4 is 5.96 Å². The number of aliphatic imine (C=N–C) groups is 1. The highest BCUT2D eigenvalue weighted by molar-refractivity contribution is 5.79. The van der Waals surface area contributed by atoms with Crippen LogP contribution in [-0.4, -0.2) is 50.5 Å². The Balaban J connectivity index is 1.47. The number of nitrogens with zero attached hydrogens (tertiary/aromatic N) is 6. The highest BCUT2D eigenvalue weighted by Gasteiger charge is 2.22. The van der Waals surface area contributed by atoms with E-state index in [2.05, 4.69) is 42.8 Å². The Morgan fingerprint density at radius 1 is 1.38 bits per heavy atom. The lowest BCUT2D eigenvalue weighted by Crippen LogP contribution is -2.47. The average Bonchev–Trinajstić information content (AvgIpc) is 3.27. The summed E-state index contributed by atoms with van der Waals surface area (Å²) >= 11 is 0. The Kier molecular flexibility index (Phi) is 5.85. The minimum atomic E-state index is 0.274. The molecule has 0 aromatic carbocycles. The maximum Gasteiger partial charge on any atom is 0.228 e. The molecule has 0 fully saturated rings. The standard InChI is InChI=1S/C17H28N8O/c1-5-13-21-14-7-6-12(10-25(14)23-13)20-17(18-4)19-9-8-15-22-16(11(2)3)24-26-15/h11-12H,5-10H2,1-4H3,(H2,18,19,20). The molecular formula is C17H28N8O. The van der Waals surface area contributed by atoms with E-state index in [9.17, 15) is 0 Å². The second-order valence-corrected chi connectivity index (χ2v) is 6.81. The van der Waals surface area contributed by atoms with Crippen molar-refractivity contribution in [1.82, 2.24) is 35.5 Å². The van der Waals surface area contributed by atoms with Crippen LogP contribution in [0, 0.1) is 0 Å². The van der Waals surface area contributed by atoms with Gasteiger partial charge in [-0.2, -0.15) is 10.1 Å². The molecule has 9 nitrogen and oxygen atoms in total. The van der Waals surface area contributed by atoms with Crippen LogP contribution in [0.2, 0.25) is 0 Å². The molecule has 0 radical (unpaired) electrons. The fraction of sp³-hybridized carbons (Fsp3) is 0.706. The number of hydrogen-bond donors (Lipinski definition) is 2. The molecule has 3 heterocycles. The lowest BCUT2D eigenvalue weighted by molar-refractivity contribution is 0.370. The van der Waals surface area contributed by atoms with E-state index >= 15 is 0 Å². The molecule has 0 saturated carbocycles. The molecule has 1 aliphatic heterocycles. The van der Waals surface area contributed by atoms with Gasteiger partial charge >= 0.3 is 0 Å². The highest BCUT2D eigenvalue weighted by Crippen LogP contribution is 2.13. The Hall–Kier alpha value is -2.45. The summed E-state index contributed by atoms with van der Waals surface area (Å²) in [6.45, 7) is 7.67. The molecule has 1 atom stereocenters. The van der Waals surface area contributed by atoms with Gasteiger partial charge in [0, 0.05) is 44.8 Å². The van der Waals surface area contributed by atoms with Crippen molar-refractivity contribution in [1.29, 1.82) is 0 Å². The van der Waals surface area contributed by atoms with Crippen molar-refractivity contribution in [3.63, 3.8) is 0 Å². The van der Waals surface area contributed by atoms with Crippen LogP contribution >= 0.6 is 0 Å². The van der Waals surface area contributed by atoms with Crippen LogP contribution in [0.15, 0.2) is 9.52 Å². The number of hydrogen-bond acceptors (Lipinski definition) is 6. The first kappa shape index (κ1) is 18.3. The van der Waals surface area contributed by atoms with Crippen LogP contribution < -0.4 is 10.6 Å². The number of guanidine groups is 1. The number of fused-ring (bicyclic) bond motifs is 1. The molecule has 0 aliphatic carbocycles. The van der Waals surface area contributed by atoms with Gasteiger partial charge in [-0.05, 0) is 6.42 Å². The van der Waals surface area contributed by atoms with Crippen LogP contribution in [0.1, 0.15) is 56.5 Å². The number of aryl methyl sites for hydroxylation is 2. The molecule has 142 valence electrons. The first-order chi connectivity index (χ1) is 12.6. The van der Waals surface area contributed by atoms with Gasteiger partial charge in [-0.3, -0.25) is 4.99 Å². The molecule has 9 heteroatoms. The lowest BCUT2D eigenvalue weighted by Gasteiger charge is -2.25.